The molecule has 1 aromatic heterocycles. The summed E-state index contributed by atoms with van der Waals surface area (Å²) in [4.78, 5) is 6.39. The van der Waals surface area contributed by atoms with Gasteiger partial charge in [0.15, 0.2) is 5.11 Å². The third-order valence-electron chi connectivity index (χ3n) is 5.69. The molecule has 0 saturated heterocycles. The maximum Gasteiger partial charge on any atom is 0.258 e. The molecule has 0 amide bonds. The van der Waals surface area contributed by atoms with Crippen LogP contribution < -0.4 is 10.2 Å². The molecule has 0 saturated carbocycles. The highest BCUT2D eigenvalue weighted by molar-refractivity contribution is 7.80. The van der Waals surface area contributed by atoms with Gasteiger partial charge < -0.3 is 9.84 Å². The van der Waals surface area contributed by atoms with Gasteiger partial charge in [-0.15, -0.1) is 0 Å². The molecule has 1 aliphatic rings. The van der Waals surface area contributed by atoms with Crippen LogP contribution in [-0.4, -0.2) is 15.3 Å². The maximum absolute atomic E-state index is 14.0. The van der Waals surface area contributed by atoms with Gasteiger partial charge in [0.05, 0.1) is 17.3 Å². The minimum atomic E-state index is -0.469. The molecule has 3 aromatic carbocycles. The third kappa shape index (κ3) is 4.08. The lowest BCUT2D eigenvalue weighted by atomic mass is 9.94. The predicted octanol–water partition coefficient (Wildman–Crippen LogP) is 6.19. The van der Waals surface area contributed by atoms with Crippen molar-refractivity contribution in [3.8, 4) is 11.4 Å². The van der Waals surface area contributed by atoms with Crippen LogP contribution in [-0.2, 0) is 0 Å². The first kappa shape index (κ1) is 21.9. The van der Waals surface area contributed by atoms with Gasteiger partial charge >= 0.3 is 0 Å². The van der Waals surface area contributed by atoms with Crippen LogP contribution in [0.5, 0.6) is 0 Å². The molecule has 0 bridgehead atoms. The van der Waals surface area contributed by atoms with Crippen molar-refractivity contribution in [2.24, 2.45) is 0 Å². The fraction of sp³-hybridized carbons (Fsp3) is 0.115. The van der Waals surface area contributed by atoms with Gasteiger partial charge in [-0.05, 0) is 68.0 Å². The summed E-state index contributed by atoms with van der Waals surface area (Å²) < 4.78 is 33.4. The standard InChI is InChI=1S/C26H20F2N4OS/c1-15-5-3-6-18(13-15)24-30-25(33-31-24)22-16(2)32(21-8-4-7-20(28)14-21)26(34)29-23(22)17-9-11-19(27)12-10-17/h3-14,23H,1-2H3,(H,29,34). The van der Waals surface area contributed by atoms with Crippen LogP contribution >= 0.6 is 12.2 Å². The Morgan fingerprint density at radius 3 is 2.44 bits per heavy atom. The summed E-state index contributed by atoms with van der Waals surface area (Å²) in [6.07, 6.45) is 0. The van der Waals surface area contributed by atoms with Crippen LogP contribution in [0.25, 0.3) is 17.0 Å². The molecule has 1 atom stereocenters. The maximum atomic E-state index is 14.0. The number of nitrogens with one attached hydrogen (secondary N) is 1. The van der Waals surface area contributed by atoms with E-state index in [2.05, 4.69) is 15.5 Å². The number of nitrogens with zero attached hydrogens (tertiary/aromatic N) is 3. The lowest BCUT2D eigenvalue weighted by Crippen LogP contribution is -2.46. The minimum Gasteiger partial charge on any atom is -0.351 e. The second-order valence-electron chi connectivity index (χ2n) is 8.04. The quantitative estimate of drug-likeness (QED) is 0.356. The van der Waals surface area contributed by atoms with Gasteiger partial charge in [-0.3, -0.25) is 4.90 Å². The largest absolute Gasteiger partial charge is 0.351 e. The van der Waals surface area contributed by atoms with E-state index in [1.807, 2.05) is 38.1 Å². The van der Waals surface area contributed by atoms with Gasteiger partial charge in [0.25, 0.3) is 5.89 Å². The summed E-state index contributed by atoms with van der Waals surface area (Å²) >= 11 is 5.65. The van der Waals surface area contributed by atoms with E-state index in [1.165, 1.54) is 24.3 Å². The van der Waals surface area contributed by atoms with E-state index >= 15 is 0 Å². The lowest BCUT2D eigenvalue weighted by Gasteiger charge is -2.37. The zero-order valence-electron chi connectivity index (χ0n) is 18.4. The van der Waals surface area contributed by atoms with Crippen molar-refractivity contribution in [3.05, 3.63) is 107 Å². The molecule has 1 unspecified atom stereocenters. The second-order valence-corrected chi connectivity index (χ2v) is 8.43. The normalized spacial score (nSPS) is 16.1. The average molecular weight is 475 g/mol. The van der Waals surface area contributed by atoms with Crippen molar-refractivity contribution >= 4 is 28.6 Å². The van der Waals surface area contributed by atoms with Crippen LogP contribution in [0.3, 0.4) is 0 Å². The number of hydrogen-bond donors (Lipinski definition) is 1. The summed E-state index contributed by atoms with van der Waals surface area (Å²) in [5.41, 5.74) is 4.59. The van der Waals surface area contributed by atoms with Crippen molar-refractivity contribution < 1.29 is 13.3 Å². The molecule has 34 heavy (non-hydrogen) atoms. The molecule has 8 heteroatoms. The Balaban J connectivity index is 1.66. The molecule has 5 nitrogen and oxygen atoms in total. The van der Waals surface area contributed by atoms with E-state index in [0.29, 0.717) is 33.8 Å². The highest BCUT2D eigenvalue weighted by Crippen LogP contribution is 2.39. The Morgan fingerprint density at radius 1 is 0.941 bits per heavy atom. The van der Waals surface area contributed by atoms with Crippen molar-refractivity contribution in [1.29, 1.82) is 0 Å². The number of rotatable bonds is 4. The highest BCUT2D eigenvalue weighted by Gasteiger charge is 2.35. The molecule has 0 spiro atoms. The summed E-state index contributed by atoms with van der Waals surface area (Å²) in [6, 6.07) is 19.6. The fourth-order valence-electron chi connectivity index (χ4n) is 4.09. The zero-order chi connectivity index (χ0) is 23.8. The molecule has 4 aromatic rings. The number of thiocarbonyl (C=S) groups is 1. The van der Waals surface area contributed by atoms with Gasteiger partial charge in [0.2, 0.25) is 5.82 Å². The monoisotopic (exact) mass is 474 g/mol. The molecule has 5 rings (SSSR count). The molecular formula is C26H20F2N4OS. The van der Waals surface area contributed by atoms with Gasteiger partial charge in [-0.1, -0.05) is 47.1 Å². The first-order valence-corrected chi connectivity index (χ1v) is 11.0. The molecule has 170 valence electrons. The molecule has 2 heterocycles. The second kappa shape index (κ2) is 8.79. The van der Waals surface area contributed by atoms with Crippen LogP contribution in [0.1, 0.15) is 30.0 Å². The number of allylic oxidation sites excluding steroid dienone is 1. The Hall–Kier alpha value is -3.91. The number of aryl methyl sites for hydroxylation is 1. The number of anilines is 1. The van der Waals surface area contributed by atoms with Gasteiger partial charge in [0, 0.05) is 11.3 Å². The predicted molar refractivity (Wildman–Crippen MR) is 131 cm³/mol. The van der Waals surface area contributed by atoms with Crippen molar-refractivity contribution in [1.82, 2.24) is 15.5 Å². The first-order chi connectivity index (χ1) is 16.4. The Morgan fingerprint density at radius 2 is 1.71 bits per heavy atom. The minimum absolute atomic E-state index is 0.291. The lowest BCUT2D eigenvalue weighted by molar-refractivity contribution is 0.404. The van der Waals surface area contributed by atoms with Crippen LogP contribution in [0.4, 0.5) is 14.5 Å². The van der Waals surface area contributed by atoms with Gasteiger partial charge in [0.1, 0.15) is 11.6 Å². The van der Waals surface area contributed by atoms with Crippen molar-refractivity contribution in [3.63, 3.8) is 0 Å². The number of hydrogen-bond acceptors (Lipinski definition) is 4. The molecule has 0 fully saturated rings. The van der Waals surface area contributed by atoms with E-state index < -0.39 is 6.04 Å². The zero-order valence-corrected chi connectivity index (χ0v) is 19.2. The van der Waals surface area contributed by atoms with E-state index in [4.69, 9.17) is 16.7 Å². The Bertz CT molecular complexity index is 1410. The molecule has 0 radical (unpaired) electrons. The molecule has 1 N–H and O–H groups in total. The topological polar surface area (TPSA) is 54.2 Å². The number of benzene rings is 3. The summed E-state index contributed by atoms with van der Waals surface area (Å²) in [7, 11) is 0. The Labute approximate surface area is 200 Å². The van der Waals surface area contributed by atoms with Gasteiger partial charge in [-0.25, -0.2) is 8.78 Å². The smallest absolute Gasteiger partial charge is 0.258 e. The van der Waals surface area contributed by atoms with Crippen molar-refractivity contribution in [2.45, 2.75) is 19.9 Å². The molecule has 1 aliphatic heterocycles. The van der Waals surface area contributed by atoms with Crippen LogP contribution in [0, 0.1) is 18.6 Å². The van der Waals surface area contributed by atoms with Crippen molar-refractivity contribution in [2.75, 3.05) is 4.90 Å². The fourth-order valence-corrected chi connectivity index (χ4v) is 4.45. The van der Waals surface area contributed by atoms with E-state index in [1.54, 1.807) is 29.2 Å². The Kier molecular flexibility index (Phi) is 5.67. The summed E-state index contributed by atoms with van der Waals surface area (Å²) in [6.45, 7) is 3.85. The first-order valence-electron chi connectivity index (χ1n) is 10.6. The van der Waals surface area contributed by atoms with Crippen LogP contribution in [0.2, 0.25) is 0 Å². The third-order valence-corrected chi connectivity index (χ3v) is 5.99. The van der Waals surface area contributed by atoms with E-state index in [9.17, 15) is 8.78 Å². The summed E-state index contributed by atoms with van der Waals surface area (Å²) in [5, 5.41) is 7.85. The van der Waals surface area contributed by atoms with Gasteiger partial charge in [-0.2, -0.15) is 4.98 Å². The van der Waals surface area contributed by atoms with E-state index in [-0.39, 0.29) is 11.6 Å². The van der Waals surface area contributed by atoms with E-state index in [0.717, 1.165) is 16.7 Å². The average Bonchev–Trinajstić information content (AvgIpc) is 3.29. The SMILES string of the molecule is CC1=C(c2nc(-c3cccc(C)c3)no2)C(c2ccc(F)cc2)NC(=S)N1c1cccc(F)c1. The van der Waals surface area contributed by atoms with Crippen LogP contribution in [0.15, 0.2) is 83.0 Å². The highest BCUT2D eigenvalue weighted by atomic mass is 32.1. The molecule has 0 aliphatic carbocycles. The molecular weight excluding hydrogens is 454 g/mol. The number of halogens is 2. The number of aromatic nitrogens is 2. The summed E-state index contributed by atoms with van der Waals surface area (Å²) in [5.74, 6) is 0.0159.